The highest BCUT2D eigenvalue weighted by Crippen LogP contribution is 1.88. The van der Waals surface area contributed by atoms with Crippen molar-refractivity contribution in [3.63, 3.8) is 0 Å². The second kappa shape index (κ2) is 3.49. The lowest BCUT2D eigenvalue weighted by molar-refractivity contribution is 0.166. The van der Waals surface area contributed by atoms with Crippen LogP contribution in [0.3, 0.4) is 0 Å². The zero-order valence-electron chi connectivity index (χ0n) is 7.19. The van der Waals surface area contributed by atoms with Crippen molar-refractivity contribution < 1.29 is 5.11 Å². The van der Waals surface area contributed by atoms with Crippen LogP contribution in [0, 0.1) is 6.92 Å². The van der Waals surface area contributed by atoms with E-state index in [0.29, 0.717) is 0 Å². The molecule has 1 N–H and O–H groups in total. The maximum Gasteiger partial charge on any atom is 0.266 e. The first kappa shape index (κ1) is 8.93. The minimum atomic E-state index is -0.544. The quantitative estimate of drug-likeness (QED) is 0.672. The zero-order chi connectivity index (χ0) is 9.14. The lowest BCUT2D eigenvalue weighted by Crippen LogP contribution is -2.27. The van der Waals surface area contributed by atoms with Crippen molar-refractivity contribution in [3.8, 4) is 0 Å². The van der Waals surface area contributed by atoms with Gasteiger partial charge >= 0.3 is 0 Å². The van der Waals surface area contributed by atoms with Gasteiger partial charge in [0.05, 0.1) is 18.3 Å². The highest BCUT2D eigenvalue weighted by atomic mass is 16.3. The van der Waals surface area contributed by atoms with E-state index in [1.165, 1.54) is 10.7 Å². The number of hydrogen-bond acceptors (Lipinski definition) is 3. The maximum absolute atomic E-state index is 11.1. The molecule has 0 aliphatic heterocycles. The number of hydrogen-bond donors (Lipinski definition) is 1. The molecule has 1 aromatic rings. The highest BCUT2D eigenvalue weighted by Gasteiger charge is 2.00. The van der Waals surface area contributed by atoms with Crippen LogP contribution < -0.4 is 5.56 Å². The molecule has 12 heavy (non-hydrogen) atoms. The molecule has 4 heteroatoms. The van der Waals surface area contributed by atoms with E-state index < -0.39 is 6.10 Å². The average Bonchev–Trinajstić information content (AvgIpc) is 1.96. The number of aryl methyl sites for hydroxylation is 1. The molecule has 0 unspecified atom stereocenters. The van der Waals surface area contributed by atoms with Gasteiger partial charge in [0.2, 0.25) is 0 Å². The van der Waals surface area contributed by atoms with E-state index in [9.17, 15) is 4.79 Å². The van der Waals surface area contributed by atoms with Crippen molar-refractivity contribution >= 4 is 0 Å². The third kappa shape index (κ3) is 2.17. The summed E-state index contributed by atoms with van der Waals surface area (Å²) in [5.41, 5.74) is 0.594. The maximum atomic E-state index is 11.1. The molecule has 1 rings (SSSR count). The number of aliphatic hydroxyl groups is 1. The summed E-state index contributed by atoms with van der Waals surface area (Å²) in [6.45, 7) is 3.68. The van der Waals surface area contributed by atoms with Crippen LogP contribution in [0.2, 0.25) is 0 Å². The van der Waals surface area contributed by atoms with Gasteiger partial charge in [0.1, 0.15) is 0 Å². The molecule has 4 nitrogen and oxygen atoms in total. The van der Waals surface area contributed by atoms with Crippen LogP contribution in [-0.4, -0.2) is 21.0 Å². The monoisotopic (exact) mass is 168 g/mol. The van der Waals surface area contributed by atoms with E-state index in [4.69, 9.17) is 5.11 Å². The molecule has 0 bridgehead atoms. The Labute approximate surface area is 70.5 Å². The van der Waals surface area contributed by atoms with Crippen LogP contribution in [0.5, 0.6) is 0 Å². The topological polar surface area (TPSA) is 55.1 Å². The SMILES string of the molecule is Cc1ccc(=O)n(C[C@@H](C)O)n1. The van der Waals surface area contributed by atoms with E-state index in [1.54, 1.807) is 19.9 Å². The molecular formula is C8H12N2O2. The zero-order valence-corrected chi connectivity index (χ0v) is 7.19. The van der Waals surface area contributed by atoms with E-state index in [-0.39, 0.29) is 12.1 Å². The Morgan fingerprint density at radius 2 is 2.33 bits per heavy atom. The van der Waals surface area contributed by atoms with Crippen LogP contribution >= 0.6 is 0 Å². The molecule has 1 atom stereocenters. The minimum Gasteiger partial charge on any atom is -0.391 e. The van der Waals surface area contributed by atoms with Gasteiger partial charge < -0.3 is 5.11 Å². The molecular weight excluding hydrogens is 156 g/mol. The molecule has 0 amide bonds. The summed E-state index contributed by atoms with van der Waals surface area (Å²) in [5.74, 6) is 0. The smallest absolute Gasteiger partial charge is 0.266 e. The van der Waals surface area contributed by atoms with E-state index >= 15 is 0 Å². The molecule has 0 spiro atoms. The Kier molecular flexibility index (Phi) is 2.60. The normalized spacial score (nSPS) is 12.9. The van der Waals surface area contributed by atoms with Crippen LogP contribution in [0.15, 0.2) is 16.9 Å². The third-order valence-corrected chi connectivity index (χ3v) is 1.44. The van der Waals surface area contributed by atoms with Gasteiger partial charge in [-0.2, -0.15) is 5.10 Å². The fourth-order valence-corrected chi connectivity index (χ4v) is 0.932. The molecule has 0 aromatic carbocycles. The molecule has 66 valence electrons. The molecule has 1 heterocycles. The molecule has 0 aliphatic rings. The predicted octanol–water partition coefficient (Wildman–Crippen LogP) is -0.0675. The lowest BCUT2D eigenvalue weighted by Gasteiger charge is -2.06. The largest absolute Gasteiger partial charge is 0.391 e. The van der Waals surface area contributed by atoms with Gasteiger partial charge in [-0.1, -0.05) is 0 Å². The summed E-state index contributed by atoms with van der Waals surface area (Å²) in [6.07, 6.45) is -0.544. The lowest BCUT2D eigenvalue weighted by atomic mass is 10.4. The fourth-order valence-electron chi connectivity index (χ4n) is 0.932. The van der Waals surface area contributed by atoms with Crippen LogP contribution in [0.1, 0.15) is 12.6 Å². The summed E-state index contributed by atoms with van der Waals surface area (Å²) in [5, 5.41) is 13.0. The first-order valence-electron chi connectivity index (χ1n) is 3.82. The highest BCUT2D eigenvalue weighted by molar-refractivity contribution is 4.97. The van der Waals surface area contributed by atoms with Gasteiger partial charge in [0, 0.05) is 6.07 Å². The predicted molar refractivity (Wildman–Crippen MR) is 44.9 cm³/mol. The van der Waals surface area contributed by atoms with Crippen molar-refractivity contribution in [2.45, 2.75) is 26.5 Å². The van der Waals surface area contributed by atoms with E-state index in [1.807, 2.05) is 0 Å². The Hall–Kier alpha value is -1.16. The van der Waals surface area contributed by atoms with Gasteiger partial charge in [-0.15, -0.1) is 0 Å². The summed E-state index contributed by atoms with van der Waals surface area (Å²) in [4.78, 5) is 11.1. The Morgan fingerprint density at radius 3 is 2.92 bits per heavy atom. The van der Waals surface area contributed by atoms with Gasteiger partial charge in [-0.05, 0) is 19.9 Å². The van der Waals surface area contributed by atoms with Crippen molar-refractivity contribution in [1.29, 1.82) is 0 Å². The number of aromatic nitrogens is 2. The second-order valence-electron chi connectivity index (χ2n) is 2.84. The van der Waals surface area contributed by atoms with E-state index in [0.717, 1.165) is 5.69 Å². The molecule has 0 fully saturated rings. The van der Waals surface area contributed by atoms with Crippen molar-refractivity contribution in [3.05, 3.63) is 28.2 Å². The fraction of sp³-hybridized carbons (Fsp3) is 0.500. The molecule has 0 saturated heterocycles. The van der Waals surface area contributed by atoms with Crippen molar-refractivity contribution in [2.75, 3.05) is 0 Å². The number of rotatable bonds is 2. The number of nitrogens with zero attached hydrogens (tertiary/aromatic N) is 2. The van der Waals surface area contributed by atoms with Gasteiger partial charge in [0.25, 0.3) is 5.56 Å². The summed E-state index contributed by atoms with van der Waals surface area (Å²) in [6, 6.07) is 3.10. The Morgan fingerprint density at radius 1 is 1.67 bits per heavy atom. The molecule has 0 radical (unpaired) electrons. The summed E-state index contributed by atoms with van der Waals surface area (Å²) >= 11 is 0. The van der Waals surface area contributed by atoms with Crippen LogP contribution in [0.4, 0.5) is 0 Å². The Balaban J connectivity index is 2.98. The molecule has 1 aromatic heterocycles. The average molecular weight is 168 g/mol. The van der Waals surface area contributed by atoms with Gasteiger partial charge in [0.15, 0.2) is 0 Å². The van der Waals surface area contributed by atoms with Gasteiger partial charge in [-0.3, -0.25) is 4.79 Å². The molecule has 0 saturated carbocycles. The summed E-state index contributed by atoms with van der Waals surface area (Å²) in [7, 11) is 0. The van der Waals surface area contributed by atoms with E-state index in [2.05, 4.69) is 5.10 Å². The third-order valence-electron chi connectivity index (χ3n) is 1.44. The van der Waals surface area contributed by atoms with Gasteiger partial charge in [-0.25, -0.2) is 4.68 Å². The first-order valence-corrected chi connectivity index (χ1v) is 3.82. The van der Waals surface area contributed by atoms with Crippen LogP contribution in [-0.2, 0) is 6.54 Å². The van der Waals surface area contributed by atoms with Crippen molar-refractivity contribution in [1.82, 2.24) is 9.78 Å². The van der Waals surface area contributed by atoms with Crippen LogP contribution in [0.25, 0.3) is 0 Å². The standard InChI is InChI=1S/C8H12N2O2/c1-6-3-4-8(12)10(9-6)5-7(2)11/h3-4,7,11H,5H2,1-2H3/t7-/m1/s1. The summed E-state index contributed by atoms with van der Waals surface area (Å²) < 4.78 is 1.26. The Bertz CT molecular complexity index is 317. The number of aliphatic hydroxyl groups excluding tert-OH is 1. The first-order chi connectivity index (χ1) is 5.59. The second-order valence-corrected chi connectivity index (χ2v) is 2.84. The van der Waals surface area contributed by atoms with Crippen molar-refractivity contribution in [2.24, 2.45) is 0 Å². The molecule has 0 aliphatic carbocycles. The minimum absolute atomic E-state index is 0.179.